The zero-order valence-electron chi connectivity index (χ0n) is 20.4. The molecule has 0 fully saturated rings. The number of benzene rings is 2. The van der Waals surface area contributed by atoms with E-state index in [4.69, 9.17) is 0 Å². The average Bonchev–Trinajstić information content (AvgIpc) is 2.82. The van der Waals surface area contributed by atoms with Crippen molar-refractivity contribution in [3.8, 4) is 16.9 Å². The van der Waals surface area contributed by atoms with Gasteiger partial charge in [0.05, 0.1) is 5.56 Å². The zero-order valence-corrected chi connectivity index (χ0v) is 20.4. The number of allylic oxidation sites excluding steroid dienone is 2. The van der Waals surface area contributed by atoms with Crippen LogP contribution in [0, 0.1) is 18.8 Å². The SMILES string of the molecule is CCc1cc(-c2ccc(O)c3c2C[C@H]2C[C@H]4CC(O)=C(C(C)=O)C(=O)[C@@]4(O)C(O)=C2C3=O)ccc1C. The molecule has 0 unspecified atom stereocenters. The standard InChI is InChI=1S/C29H28O7/c1-4-15-9-16(6-5-13(15)2)19-7-8-21(31)25-20(19)11-17-10-18-12-22(32)23(14(3)30)27(34)29(18,36)28(35)24(17)26(25)33/h5-9,17-18,31-32,35-36H,4,10-12H2,1-3H3/t17-,18+,29-/m1/s1. The van der Waals surface area contributed by atoms with Crippen LogP contribution in [-0.2, 0) is 22.4 Å². The maximum absolute atomic E-state index is 13.7. The number of aromatic hydroxyl groups is 1. The van der Waals surface area contributed by atoms with Gasteiger partial charge in [0.2, 0.25) is 5.78 Å². The minimum absolute atomic E-state index is 0.0411. The molecular weight excluding hydrogens is 460 g/mol. The summed E-state index contributed by atoms with van der Waals surface area (Å²) in [5.41, 5.74) is 1.56. The number of hydrogen-bond acceptors (Lipinski definition) is 7. The van der Waals surface area contributed by atoms with Crippen LogP contribution in [0.2, 0.25) is 0 Å². The second-order valence-electron chi connectivity index (χ2n) is 10.1. The van der Waals surface area contributed by atoms with Crippen molar-refractivity contribution in [1.82, 2.24) is 0 Å². The molecule has 0 radical (unpaired) electrons. The van der Waals surface area contributed by atoms with Gasteiger partial charge in [-0.15, -0.1) is 0 Å². The molecule has 2 aromatic carbocycles. The number of aliphatic hydroxyl groups excluding tert-OH is 2. The normalized spacial score (nSPS) is 25.4. The van der Waals surface area contributed by atoms with E-state index in [1.54, 1.807) is 6.07 Å². The van der Waals surface area contributed by atoms with Crippen molar-refractivity contribution in [2.24, 2.45) is 11.8 Å². The molecule has 3 aliphatic rings. The van der Waals surface area contributed by atoms with Gasteiger partial charge in [-0.05, 0) is 72.9 Å². The molecule has 3 atom stereocenters. The fraction of sp³-hybridized carbons (Fsp3) is 0.345. The minimum Gasteiger partial charge on any atom is -0.511 e. The van der Waals surface area contributed by atoms with Crippen LogP contribution in [0.15, 0.2) is 53.0 Å². The summed E-state index contributed by atoms with van der Waals surface area (Å²) in [6.45, 7) is 5.20. The molecule has 0 heterocycles. The highest BCUT2D eigenvalue weighted by Gasteiger charge is 2.59. The predicted octanol–water partition coefficient (Wildman–Crippen LogP) is 4.22. The Hall–Kier alpha value is -3.71. The predicted molar refractivity (Wildman–Crippen MR) is 132 cm³/mol. The van der Waals surface area contributed by atoms with Crippen molar-refractivity contribution in [3.05, 3.63) is 75.3 Å². The number of carbonyl (C=O) groups is 3. The molecule has 7 heteroatoms. The first-order chi connectivity index (χ1) is 17.0. The van der Waals surface area contributed by atoms with Gasteiger partial charge in [0.1, 0.15) is 22.8 Å². The third kappa shape index (κ3) is 3.19. The average molecular weight is 489 g/mol. The smallest absolute Gasteiger partial charge is 0.209 e. The molecule has 36 heavy (non-hydrogen) atoms. The maximum Gasteiger partial charge on any atom is 0.209 e. The summed E-state index contributed by atoms with van der Waals surface area (Å²) < 4.78 is 0. The van der Waals surface area contributed by atoms with Gasteiger partial charge < -0.3 is 20.4 Å². The van der Waals surface area contributed by atoms with Crippen LogP contribution in [0.3, 0.4) is 0 Å². The Morgan fingerprint density at radius 1 is 1.08 bits per heavy atom. The van der Waals surface area contributed by atoms with Gasteiger partial charge in [0.15, 0.2) is 17.2 Å². The van der Waals surface area contributed by atoms with Gasteiger partial charge >= 0.3 is 0 Å². The molecule has 7 nitrogen and oxygen atoms in total. The van der Waals surface area contributed by atoms with Gasteiger partial charge in [-0.2, -0.15) is 0 Å². The third-order valence-electron chi connectivity index (χ3n) is 8.09. The number of phenolic OH excluding ortho intramolecular Hbond substituents is 1. The molecule has 5 rings (SSSR count). The van der Waals surface area contributed by atoms with E-state index in [-0.39, 0.29) is 29.7 Å². The fourth-order valence-electron chi connectivity index (χ4n) is 6.22. The third-order valence-corrected chi connectivity index (χ3v) is 8.09. The highest BCUT2D eigenvalue weighted by Crippen LogP contribution is 2.52. The second-order valence-corrected chi connectivity index (χ2v) is 10.1. The van der Waals surface area contributed by atoms with Gasteiger partial charge in [-0.25, -0.2) is 0 Å². The molecule has 0 aliphatic heterocycles. The van der Waals surface area contributed by atoms with E-state index < -0.39 is 51.9 Å². The Morgan fingerprint density at radius 2 is 1.81 bits per heavy atom. The monoisotopic (exact) mass is 488 g/mol. The van der Waals surface area contributed by atoms with Crippen LogP contribution in [0.5, 0.6) is 5.75 Å². The molecule has 0 spiro atoms. The lowest BCUT2D eigenvalue weighted by atomic mass is 9.60. The Kier molecular flexibility index (Phi) is 5.45. The number of aryl methyl sites for hydroxylation is 2. The number of aliphatic hydroxyl groups is 3. The zero-order chi connectivity index (χ0) is 26.1. The van der Waals surface area contributed by atoms with Crippen molar-refractivity contribution in [2.45, 2.75) is 52.1 Å². The van der Waals surface area contributed by atoms with Crippen molar-refractivity contribution in [1.29, 1.82) is 0 Å². The van der Waals surface area contributed by atoms with Crippen LogP contribution < -0.4 is 0 Å². The van der Waals surface area contributed by atoms with Gasteiger partial charge in [0, 0.05) is 17.9 Å². The van der Waals surface area contributed by atoms with Gasteiger partial charge in [0.25, 0.3) is 0 Å². The number of rotatable bonds is 3. The molecule has 0 saturated carbocycles. The highest BCUT2D eigenvalue weighted by atomic mass is 16.3. The van der Waals surface area contributed by atoms with E-state index in [9.17, 15) is 34.8 Å². The van der Waals surface area contributed by atoms with Crippen LogP contribution in [0.25, 0.3) is 11.1 Å². The van der Waals surface area contributed by atoms with Crippen LogP contribution in [-0.4, -0.2) is 43.4 Å². The van der Waals surface area contributed by atoms with Crippen LogP contribution >= 0.6 is 0 Å². The molecule has 0 saturated heterocycles. The summed E-state index contributed by atoms with van der Waals surface area (Å²) in [6.07, 6.45) is 1.11. The fourth-order valence-corrected chi connectivity index (χ4v) is 6.22. The largest absolute Gasteiger partial charge is 0.511 e. The minimum atomic E-state index is -2.48. The first kappa shape index (κ1) is 24.0. The van der Waals surface area contributed by atoms with Crippen molar-refractivity contribution < 1.29 is 34.8 Å². The summed E-state index contributed by atoms with van der Waals surface area (Å²) >= 11 is 0. The van der Waals surface area contributed by atoms with Crippen LogP contribution in [0.4, 0.5) is 0 Å². The lowest BCUT2D eigenvalue weighted by molar-refractivity contribution is -0.144. The molecular formula is C29H28O7. The molecule has 3 aliphatic carbocycles. The molecule has 0 aromatic heterocycles. The first-order valence-corrected chi connectivity index (χ1v) is 12.1. The maximum atomic E-state index is 13.7. The van der Waals surface area contributed by atoms with E-state index in [2.05, 4.69) is 13.0 Å². The summed E-state index contributed by atoms with van der Waals surface area (Å²) in [5, 5.41) is 43.6. The molecule has 2 aromatic rings. The van der Waals surface area contributed by atoms with E-state index >= 15 is 0 Å². The second kappa shape index (κ2) is 8.17. The number of fused-ring (bicyclic) bond motifs is 3. The molecule has 186 valence electrons. The summed E-state index contributed by atoms with van der Waals surface area (Å²) in [5.74, 6) is -5.35. The molecule has 0 amide bonds. The lowest BCUT2D eigenvalue weighted by Gasteiger charge is -2.45. The first-order valence-electron chi connectivity index (χ1n) is 12.1. The summed E-state index contributed by atoms with van der Waals surface area (Å²) in [7, 11) is 0. The van der Waals surface area contributed by atoms with Crippen molar-refractivity contribution in [2.75, 3.05) is 0 Å². The summed E-state index contributed by atoms with van der Waals surface area (Å²) in [4.78, 5) is 38.8. The number of carbonyl (C=O) groups excluding carboxylic acids is 3. The molecule has 4 N–H and O–H groups in total. The quantitative estimate of drug-likeness (QED) is 0.476. The topological polar surface area (TPSA) is 132 Å². The Morgan fingerprint density at radius 3 is 2.47 bits per heavy atom. The van der Waals surface area contributed by atoms with E-state index in [0.717, 1.165) is 30.0 Å². The highest BCUT2D eigenvalue weighted by molar-refractivity contribution is 6.25. The number of hydrogen-bond donors (Lipinski definition) is 4. The Balaban J connectivity index is 1.68. The van der Waals surface area contributed by atoms with E-state index in [1.807, 2.05) is 19.1 Å². The summed E-state index contributed by atoms with van der Waals surface area (Å²) in [6, 6.07) is 9.28. The lowest BCUT2D eigenvalue weighted by Crippen LogP contribution is -2.56. The van der Waals surface area contributed by atoms with Crippen molar-refractivity contribution in [3.63, 3.8) is 0 Å². The van der Waals surface area contributed by atoms with Crippen LogP contribution in [0.1, 0.15) is 53.7 Å². The van der Waals surface area contributed by atoms with Gasteiger partial charge in [-0.3, -0.25) is 14.4 Å². The Bertz CT molecular complexity index is 1430. The number of phenols is 1. The van der Waals surface area contributed by atoms with E-state index in [1.165, 1.54) is 11.6 Å². The van der Waals surface area contributed by atoms with E-state index in [0.29, 0.717) is 12.0 Å². The number of ketones is 3. The number of Topliss-reactive ketones (excluding diaryl/α,β-unsaturated/α-hetero) is 3. The van der Waals surface area contributed by atoms with Gasteiger partial charge in [-0.1, -0.05) is 31.2 Å². The Labute approximate surface area is 208 Å². The van der Waals surface area contributed by atoms with Crippen molar-refractivity contribution >= 4 is 17.3 Å². The molecule has 0 bridgehead atoms.